The molecule has 0 fully saturated rings. The molecule has 0 bridgehead atoms. The molecule has 2 heterocycles. The summed E-state index contributed by atoms with van der Waals surface area (Å²) in [4.78, 5) is 54.3. The molecule has 300 valence electrons. The van der Waals surface area contributed by atoms with Gasteiger partial charge in [0.15, 0.2) is 0 Å². The van der Waals surface area contributed by atoms with Crippen LogP contribution in [0.2, 0.25) is 0 Å². The third kappa shape index (κ3) is 7.47. The lowest BCUT2D eigenvalue weighted by atomic mass is 9.78. The van der Waals surface area contributed by atoms with Gasteiger partial charge in [-0.05, 0) is 121 Å². The van der Waals surface area contributed by atoms with E-state index in [1.54, 1.807) is 72.8 Å². The molecule has 7 aromatic rings. The van der Waals surface area contributed by atoms with Gasteiger partial charge in [-0.3, -0.25) is 24.1 Å². The minimum atomic E-state index is -0.462. The van der Waals surface area contributed by atoms with Gasteiger partial charge in [-0.25, -0.2) is 4.90 Å². The summed E-state index contributed by atoms with van der Waals surface area (Å²) in [6, 6.07) is 47.1. The summed E-state index contributed by atoms with van der Waals surface area (Å²) < 4.78 is 24.4. The number of amides is 4. The monoisotopic (exact) mass is 806 g/mol. The maximum absolute atomic E-state index is 13.8. The van der Waals surface area contributed by atoms with Crippen LogP contribution in [0.25, 0.3) is 0 Å². The maximum Gasteiger partial charge on any atom is 0.266 e. The van der Waals surface area contributed by atoms with Gasteiger partial charge in [0.2, 0.25) is 0 Å². The lowest BCUT2D eigenvalue weighted by Gasteiger charge is -2.26. The quantitative estimate of drug-likeness (QED) is 0.119. The predicted octanol–water partition coefficient (Wildman–Crippen LogP) is 11.5. The van der Waals surface area contributed by atoms with Gasteiger partial charge < -0.3 is 18.9 Å². The summed E-state index contributed by atoms with van der Waals surface area (Å²) in [5.41, 5.74) is 4.39. The van der Waals surface area contributed by atoms with Gasteiger partial charge in [-0.15, -0.1) is 0 Å². The number of nitrogens with zero attached hydrogens (tertiary/aromatic N) is 2. The van der Waals surface area contributed by atoms with Crippen LogP contribution in [0.1, 0.15) is 72.0 Å². The standard InChI is InChI=1S/C51H38N2O8/c1-31-8-5-10-37(26-31)60-39-12-7-13-40(28-39)61-38-11-6-9-34(27-38)53-49(56)44-25-23-42(30-46(44)50(53)57)59-36-20-16-33(17-21-36)51(2,3)32-14-18-35(19-15-32)58-41-22-24-43-45(29-41)48(55)52(4)47(43)54/h5-30H,1-4H3. The highest BCUT2D eigenvalue weighted by Crippen LogP contribution is 2.38. The first kappa shape index (κ1) is 38.5. The highest BCUT2D eigenvalue weighted by molar-refractivity contribution is 6.34. The molecule has 2 aliphatic heterocycles. The fourth-order valence-corrected chi connectivity index (χ4v) is 7.48. The Morgan fingerprint density at radius 2 is 0.787 bits per heavy atom. The molecule has 4 amide bonds. The zero-order valence-corrected chi connectivity index (χ0v) is 33.7. The van der Waals surface area contributed by atoms with Crippen molar-refractivity contribution in [2.75, 3.05) is 11.9 Å². The van der Waals surface area contributed by atoms with Crippen LogP contribution >= 0.6 is 0 Å². The van der Waals surface area contributed by atoms with Gasteiger partial charge >= 0.3 is 0 Å². The number of benzene rings is 7. The van der Waals surface area contributed by atoms with E-state index in [0.29, 0.717) is 62.8 Å². The molecule has 7 aromatic carbocycles. The molecule has 0 radical (unpaired) electrons. The van der Waals surface area contributed by atoms with E-state index in [1.807, 2.05) is 91.9 Å². The van der Waals surface area contributed by atoms with Crippen LogP contribution < -0.4 is 23.8 Å². The third-order valence-corrected chi connectivity index (χ3v) is 10.9. The second-order valence-electron chi connectivity index (χ2n) is 15.4. The Balaban J connectivity index is 0.847. The molecule has 0 atom stereocenters. The Hall–Kier alpha value is -7.98. The van der Waals surface area contributed by atoms with Crippen molar-refractivity contribution in [3.05, 3.63) is 197 Å². The second-order valence-corrected chi connectivity index (χ2v) is 15.4. The minimum absolute atomic E-state index is 0.243. The van der Waals surface area contributed by atoms with E-state index in [0.717, 1.165) is 26.5 Å². The summed E-state index contributed by atoms with van der Waals surface area (Å²) >= 11 is 0. The minimum Gasteiger partial charge on any atom is -0.457 e. The molecular formula is C51H38N2O8. The number of hydrogen-bond acceptors (Lipinski definition) is 8. The molecule has 2 aliphatic rings. The molecule has 0 spiro atoms. The van der Waals surface area contributed by atoms with Crippen molar-refractivity contribution in [2.45, 2.75) is 26.2 Å². The van der Waals surface area contributed by atoms with E-state index in [9.17, 15) is 19.2 Å². The van der Waals surface area contributed by atoms with Gasteiger partial charge in [-0.2, -0.15) is 0 Å². The van der Waals surface area contributed by atoms with Crippen LogP contribution in [0.3, 0.4) is 0 Å². The lowest BCUT2D eigenvalue weighted by Crippen LogP contribution is -2.29. The number of fused-ring (bicyclic) bond motifs is 2. The number of ether oxygens (including phenoxy) is 4. The number of hydrogen-bond donors (Lipinski definition) is 0. The molecule has 0 aromatic heterocycles. The summed E-state index contributed by atoms with van der Waals surface area (Å²) in [5.74, 6) is 2.77. The summed E-state index contributed by atoms with van der Waals surface area (Å²) in [7, 11) is 1.46. The number of rotatable bonds is 11. The number of imide groups is 2. The van der Waals surface area contributed by atoms with Gasteiger partial charge in [0.25, 0.3) is 23.6 Å². The SMILES string of the molecule is Cc1cccc(Oc2cccc(Oc3cccc(N4C(=O)c5ccc(Oc6ccc(C(C)(C)c7ccc(Oc8ccc9c(c8)C(=O)N(C)C9=O)cc7)cc6)cc5C4=O)c3)c2)c1. The van der Waals surface area contributed by atoms with E-state index >= 15 is 0 Å². The molecule has 9 rings (SSSR count). The van der Waals surface area contributed by atoms with Crippen molar-refractivity contribution in [2.24, 2.45) is 0 Å². The third-order valence-electron chi connectivity index (χ3n) is 10.9. The molecule has 0 aliphatic carbocycles. The first-order valence-electron chi connectivity index (χ1n) is 19.6. The second kappa shape index (κ2) is 15.3. The van der Waals surface area contributed by atoms with Crippen LogP contribution in [0.15, 0.2) is 158 Å². The average Bonchev–Trinajstić information content (AvgIpc) is 3.63. The van der Waals surface area contributed by atoms with E-state index < -0.39 is 11.8 Å². The van der Waals surface area contributed by atoms with Crippen LogP contribution in [0.5, 0.6) is 46.0 Å². The predicted molar refractivity (Wildman–Crippen MR) is 230 cm³/mol. The maximum atomic E-state index is 13.8. The smallest absolute Gasteiger partial charge is 0.266 e. The van der Waals surface area contributed by atoms with E-state index in [1.165, 1.54) is 7.05 Å². The van der Waals surface area contributed by atoms with Crippen LogP contribution in [-0.2, 0) is 5.41 Å². The van der Waals surface area contributed by atoms with Crippen molar-refractivity contribution in [3.63, 3.8) is 0 Å². The Morgan fingerprint density at radius 1 is 0.393 bits per heavy atom. The molecule has 0 saturated carbocycles. The van der Waals surface area contributed by atoms with Crippen molar-refractivity contribution < 1.29 is 38.1 Å². The normalized spacial score (nSPS) is 13.3. The van der Waals surface area contributed by atoms with E-state index in [-0.39, 0.29) is 28.4 Å². The number of carbonyl (C=O) groups excluding carboxylic acids is 4. The number of anilines is 1. The van der Waals surface area contributed by atoms with Crippen molar-refractivity contribution >= 4 is 29.3 Å². The highest BCUT2D eigenvalue weighted by atomic mass is 16.5. The molecule has 0 N–H and O–H groups in total. The Bertz CT molecular complexity index is 2900. The summed E-state index contributed by atoms with van der Waals surface area (Å²) in [6.45, 7) is 6.24. The average molecular weight is 807 g/mol. The Morgan fingerprint density at radius 3 is 1.34 bits per heavy atom. The summed E-state index contributed by atoms with van der Waals surface area (Å²) in [5, 5.41) is 0. The van der Waals surface area contributed by atoms with Crippen LogP contribution in [0, 0.1) is 6.92 Å². The van der Waals surface area contributed by atoms with Gasteiger partial charge in [-0.1, -0.05) is 62.4 Å². The fourth-order valence-electron chi connectivity index (χ4n) is 7.48. The van der Waals surface area contributed by atoms with Crippen molar-refractivity contribution in [1.29, 1.82) is 0 Å². The molecule has 0 saturated heterocycles. The number of aryl methyl sites for hydroxylation is 1. The first-order valence-corrected chi connectivity index (χ1v) is 19.6. The van der Waals surface area contributed by atoms with Gasteiger partial charge in [0, 0.05) is 24.6 Å². The van der Waals surface area contributed by atoms with Crippen molar-refractivity contribution in [3.8, 4) is 46.0 Å². The Labute approximate surface area is 352 Å². The van der Waals surface area contributed by atoms with Gasteiger partial charge in [0.1, 0.15) is 46.0 Å². The zero-order chi connectivity index (χ0) is 42.4. The Kier molecular flexibility index (Phi) is 9.68. The topological polar surface area (TPSA) is 112 Å². The molecular weight excluding hydrogens is 769 g/mol. The lowest BCUT2D eigenvalue weighted by molar-refractivity contribution is 0.0692. The molecule has 10 nitrogen and oxygen atoms in total. The summed E-state index contributed by atoms with van der Waals surface area (Å²) in [6.07, 6.45) is 0. The van der Waals surface area contributed by atoms with Crippen LogP contribution in [-0.4, -0.2) is 35.6 Å². The number of carbonyl (C=O) groups is 4. The zero-order valence-electron chi connectivity index (χ0n) is 33.7. The van der Waals surface area contributed by atoms with Gasteiger partial charge in [0.05, 0.1) is 27.9 Å². The van der Waals surface area contributed by atoms with E-state index in [4.69, 9.17) is 18.9 Å². The highest BCUT2D eigenvalue weighted by Gasteiger charge is 2.37. The largest absolute Gasteiger partial charge is 0.457 e. The molecule has 0 unspecified atom stereocenters. The van der Waals surface area contributed by atoms with Crippen molar-refractivity contribution in [1.82, 2.24) is 4.90 Å². The van der Waals surface area contributed by atoms with Crippen LogP contribution in [0.4, 0.5) is 5.69 Å². The van der Waals surface area contributed by atoms with E-state index in [2.05, 4.69) is 13.8 Å². The molecule has 10 heteroatoms. The first-order chi connectivity index (χ1) is 29.4. The molecule has 61 heavy (non-hydrogen) atoms. The fraction of sp³-hybridized carbons (Fsp3) is 0.0980.